The predicted molar refractivity (Wildman–Crippen MR) is 87.6 cm³/mol. The van der Waals surface area contributed by atoms with Crippen LogP contribution in [0.2, 0.25) is 0 Å². The van der Waals surface area contributed by atoms with E-state index in [-0.39, 0.29) is 17.1 Å². The van der Waals surface area contributed by atoms with Crippen molar-refractivity contribution in [2.24, 2.45) is 4.99 Å². The van der Waals surface area contributed by atoms with Crippen LogP contribution in [0.4, 0.5) is 5.69 Å². The Bertz CT molecular complexity index is 632. The quantitative estimate of drug-likeness (QED) is 0.439. The van der Waals surface area contributed by atoms with Crippen molar-refractivity contribution in [3.05, 3.63) is 84.4 Å². The van der Waals surface area contributed by atoms with Gasteiger partial charge in [0, 0.05) is 0 Å². The topological polar surface area (TPSA) is 52.8 Å². The van der Waals surface area contributed by atoms with Crippen molar-refractivity contribution < 1.29 is 27.1 Å². The Morgan fingerprint density at radius 3 is 2.23 bits per heavy atom. The van der Waals surface area contributed by atoms with E-state index in [0.717, 1.165) is 11.3 Å². The first kappa shape index (κ1) is 18.1. The zero-order chi connectivity index (χ0) is 14.9. The average Bonchev–Trinajstić information content (AvgIpc) is 3.21. The molecule has 0 aliphatic rings. The van der Waals surface area contributed by atoms with Crippen LogP contribution >= 0.6 is 0 Å². The summed E-state index contributed by atoms with van der Waals surface area (Å²) in [6, 6.07) is 24.6. The summed E-state index contributed by atoms with van der Waals surface area (Å²) < 4.78 is 0. The van der Waals surface area contributed by atoms with Crippen molar-refractivity contribution in [2.75, 3.05) is 0 Å². The first-order valence-electron chi connectivity index (χ1n) is 6.64. The molecule has 3 nitrogen and oxygen atoms in total. The summed E-state index contributed by atoms with van der Waals surface area (Å²) in [5.41, 5.74) is 2.19. The molecule has 0 saturated heterocycles. The zero-order valence-electron chi connectivity index (χ0n) is 11.9. The van der Waals surface area contributed by atoms with Crippen LogP contribution in [0.25, 0.3) is 0 Å². The van der Waals surface area contributed by atoms with Crippen LogP contribution in [-0.4, -0.2) is 23.4 Å². The fraction of sp³-hybridized carbons (Fsp3) is 0. The molecular weight excluding hydrogens is 317 g/mol. The minimum Gasteiger partial charge on any atom is -0.423 e. The molecule has 0 aliphatic carbocycles. The molecule has 112 valence electrons. The summed E-state index contributed by atoms with van der Waals surface area (Å²) in [7, 11) is -1.44. The van der Waals surface area contributed by atoms with E-state index in [1.165, 1.54) is 0 Å². The van der Waals surface area contributed by atoms with Crippen molar-refractivity contribution in [1.82, 2.24) is 0 Å². The molecule has 3 rings (SSSR count). The van der Waals surface area contributed by atoms with E-state index in [0.29, 0.717) is 5.46 Å². The maximum Gasteiger partial charge on any atom is 2.00 e. The van der Waals surface area contributed by atoms with Gasteiger partial charge >= 0.3 is 24.2 Å². The van der Waals surface area contributed by atoms with Gasteiger partial charge in [-0.15, -0.1) is 12.1 Å². The molecule has 0 unspecified atom stereocenters. The van der Waals surface area contributed by atoms with Crippen molar-refractivity contribution in [3.8, 4) is 0 Å². The number of benzene rings is 1. The predicted octanol–water partition coefficient (Wildman–Crippen LogP) is 2.24. The number of rotatable bonds is 3. The summed E-state index contributed by atoms with van der Waals surface area (Å²) >= 11 is 0. The van der Waals surface area contributed by atoms with Crippen LogP contribution in [0.1, 0.15) is 5.56 Å². The van der Waals surface area contributed by atoms with Crippen molar-refractivity contribution >= 4 is 24.5 Å². The normalized spacial score (nSPS) is 9.73. The first-order chi connectivity index (χ1) is 10.3. The second-order valence-corrected chi connectivity index (χ2v) is 4.41. The molecule has 0 saturated carbocycles. The van der Waals surface area contributed by atoms with Gasteiger partial charge in [-0.3, -0.25) is 0 Å². The van der Waals surface area contributed by atoms with Crippen LogP contribution in [0.15, 0.2) is 83.9 Å². The molecular formula is C17H16BFeNO2. The van der Waals surface area contributed by atoms with Crippen LogP contribution in [0, 0.1) is 0 Å². The molecule has 0 atom stereocenters. The second-order valence-electron chi connectivity index (χ2n) is 4.41. The molecule has 0 heterocycles. The van der Waals surface area contributed by atoms with Gasteiger partial charge in [0.2, 0.25) is 0 Å². The summed E-state index contributed by atoms with van der Waals surface area (Å²) in [6.45, 7) is 0. The monoisotopic (exact) mass is 333 g/mol. The van der Waals surface area contributed by atoms with Gasteiger partial charge in [0.25, 0.3) is 0 Å². The molecule has 3 aromatic carbocycles. The third-order valence-corrected chi connectivity index (χ3v) is 2.77. The van der Waals surface area contributed by atoms with Gasteiger partial charge in [-0.1, -0.05) is 24.3 Å². The van der Waals surface area contributed by atoms with E-state index in [1.807, 2.05) is 60.7 Å². The van der Waals surface area contributed by atoms with Gasteiger partial charge in [0.05, 0.1) is 0 Å². The van der Waals surface area contributed by atoms with Gasteiger partial charge in [0.15, 0.2) is 0 Å². The maximum absolute atomic E-state index is 9.01. The van der Waals surface area contributed by atoms with E-state index in [2.05, 4.69) is 4.99 Å². The Balaban J connectivity index is 0.000000344. The van der Waals surface area contributed by atoms with Crippen LogP contribution in [-0.2, 0) is 17.1 Å². The van der Waals surface area contributed by atoms with Crippen molar-refractivity contribution in [2.45, 2.75) is 0 Å². The number of aliphatic imine (C=N–C) groups is 1. The Morgan fingerprint density at radius 2 is 1.68 bits per heavy atom. The minimum absolute atomic E-state index is 0. The molecule has 0 aliphatic heterocycles. The molecule has 3 aromatic rings. The smallest absolute Gasteiger partial charge is 0.423 e. The van der Waals surface area contributed by atoms with Gasteiger partial charge in [-0.2, -0.15) is 30.3 Å². The standard InChI is InChI=1S/C12H11BNO2.C5H5.Fe/c15-13(16)11-5-3-4-10(8-11)9-14-12-6-1-2-7-12;1-2-4-5-3-1;/h1-9,15-16H;1-5H;/q2*-1;+2. The third kappa shape index (κ3) is 6.25. The summed E-state index contributed by atoms with van der Waals surface area (Å²) in [5, 5.41) is 18.0. The molecule has 0 spiro atoms. The Kier molecular flexibility index (Phi) is 8.19. The van der Waals surface area contributed by atoms with Gasteiger partial charge in [0.1, 0.15) is 0 Å². The summed E-state index contributed by atoms with van der Waals surface area (Å²) in [5.74, 6) is 0. The molecule has 5 heteroatoms. The molecule has 0 radical (unpaired) electrons. The molecule has 22 heavy (non-hydrogen) atoms. The molecule has 0 amide bonds. The van der Waals surface area contributed by atoms with Crippen LogP contribution < -0.4 is 5.46 Å². The second kappa shape index (κ2) is 9.93. The van der Waals surface area contributed by atoms with E-state index < -0.39 is 7.12 Å². The number of hydrogen-bond acceptors (Lipinski definition) is 3. The SMILES string of the molecule is OB(O)c1cccc(C=N[c-]2cccc2)c1.[Fe+2].c1cc[cH-]c1. The molecule has 0 fully saturated rings. The fourth-order valence-corrected chi connectivity index (χ4v) is 1.72. The van der Waals surface area contributed by atoms with Gasteiger partial charge < -0.3 is 15.0 Å². The molecule has 2 N–H and O–H groups in total. The van der Waals surface area contributed by atoms with Crippen molar-refractivity contribution in [1.29, 1.82) is 0 Å². The van der Waals surface area contributed by atoms with Crippen LogP contribution in [0.3, 0.4) is 0 Å². The number of hydrogen-bond donors (Lipinski definition) is 2. The van der Waals surface area contributed by atoms with E-state index >= 15 is 0 Å². The average molecular weight is 333 g/mol. The zero-order valence-corrected chi connectivity index (χ0v) is 13.0. The number of nitrogens with zero attached hydrogens (tertiary/aromatic N) is 1. The summed E-state index contributed by atoms with van der Waals surface area (Å²) in [6.07, 6.45) is 1.70. The van der Waals surface area contributed by atoms with E-state index in [1.54, 1.807) is 24.4 Å². The Morgan fingerprint density at radius 1 is 1.00 bits per heavy atom. The fourth-order valence-electron chi connectivity index (χ4n) is 1.72. The van der Waals surface area contributed by atoms with E-state index in [4.69, 9.17) is 10.0 Å². The minimum atomic E-state index is -1.44. The van der Waals surface area contributed by atoms with Crippen LogP contribution in [0.5, 0.6) is 0 Å². The Hall–Kier alpha value is -1.91. The molecule has 0 aromatic heterocycles. The molecule has 0 bridgehead atoms. The Labute approximate surface area is 141 Å². The summed E-state index contributed by atoms with van der Waals surface area (Å²) in [4.78, 5) is 4.25. The van der Waals surface area contributed by atoms with Crippen molar-refractivity contribution in [3.63, 3.8) is 0 Å². The third-order valence-electron chi connectivity index (χ3n) is 2.77. The largest absolute Gasteiger partial charge is 2.00 e. The van der Waals surface area contributed by atoms with E-state index in [9.17, 15) is 0 Å². The maximum atomic E-state index is 9.01. The first-order valence-corrected chi connectivity index (χ1v) is 6.64. The van der Waals surface area contributed by atoms with Gasteiger partial charge in [-0.05, 0) is 22.9 Å². The van der Waals surface area contributed by atoms with Gasteiger partial charge in [-0.25, -0.2) is 12.1 Å².